The lowest BCUT2D eigenvalue weighted by Gasteiger charge is -2.14. The summed E-state index contributed by atoms with van der Waals surface area (Å²) in [6, 6.07) is 0. The van der Waals surface area contributed by atoms with Gasteiger partial charge in [-0.25, -0.2) is 4.79 Å². The zero-order valence-corrected chi connectivity index (χ0v) is 10.5. The molecule has 0 spiro atoms. The molecule has 10 heteroatoms. The van der Waals surface area contributed by atoms with E-state index in [2.05, 4.69) is 9.82 Å². The van der Waals surface area contributed by atoms with Crippen LogP contribution >= 0.6 is 0 Å². The highest BCUT2D eigenvalue weighted by molar-refractivity contribution is 5.02. The Morgan fingerprint density at radius 3 is 2.95 bits per heavy atom. The molecule has 0 bridgehead atoms. The number of aliphatic hydroxyl groups excluding tert-OH is 1. The normalized spacial score (nSPS) is 25.6. The van der Waals surface area contributed by atoms with Gasteiger partial charge in [-0.1, -0.05) is 0 Å². The average Bonchev–Trinajstić information content (AvgIpc) is 2.75. The Morgan fingerprint density at radius 2 is 2.35 bits per heavy atom. The first kappa shape index (κ1) is 14.2. The molecule has 2 rings (SSSR count). The minimum Gasteiger partial charge on any atom is -0.394 e. The first-order valence-electron chi connectivity index (χ1n) is 5.82. The van der Waals surface area contributed by atoms with Gasteiger partial charge in [-0.05, 0) is 6.92 Å². The van der Waals surface area contributed by atoms with E-state index >= 15 is 0 Å². The van der Waals surface area contributed by atoms with E-state index in [-0.39, 0.29) is 6.42 Å². The number of nitrogens with zero attached hydrogens (tertiary/aromatic N) is 2. The van der Waals surface area contributed by atoms with Gasteiger partial charge in [-0.15, -0.1) is 10.1 Å². The van der Waals surface area contributed by atoms with Crippen LogP contribution in [-0.2, 0) is 9.57 Å². The third-order valence-electron chi connectivity index (χ3n) is 3.04. The lowest BCUT2D eigenvalue weighted by molar-refractivity contribution is -0.769. The SMILES string of the molecule is Cc1cn([C@H]2C[C@H](O[N+](=O)[O-])[C@@H](CO)O2)c(=O)[nH]c1=O. The molecule has 10 nitrogen and oxygen atoms in total. The van der Waals surface area contributed by atoms with Crippen LogP contribution in [0.5, 0.6) is 0 Å². The molecule has 110 valence electrons. The molecule has 1 aromatic heterocycles. The minimum atomic E-state index is -0.973. The van der Waals surface area contributed by atoms with Gasteiger partial charge in [-0.3, -0.25) is 14.3 Å². The van der Waals surface area contributed by atoms with Crippen LogP contribution in [0.4, 0.5) is 0 Å². The lowest BCUT2D eigenvalue weighted by atomic mass is 10.2. The second kappa shape index (κ2) is 5.43. The standard InChI is InChI=1S/C10H13N3O7/c1-5-3-12(10(16)11-9(5)15)8-2-6(20-13(17)18)7(4-14)19-8/h3,6-8,14H,2,4H2,1H3,(H,11,15,16)/t6-,7+,8+/m0/s1. The summed E-state index contributed by atoms with van der Waals surface area (Å²) in [6.07, 6.45) is -1.42. The highest BCUT2D eigenvalue weighted by atomic mass is 17.0. The van der Waals surface area contributed by atoms with Crippen molar-refractivity contribution in [3.05, 3.63) is 42.7 Å². The van der Waals surface area contributed by atoms with Crippen molar-refractivity contribution >= 4 is 0 Å². The summed E-state index contributed by atoms with van der Waals surface area (Å²) in [6.45, 7) is 1.03. The number of aliphatic hydroxyl groups is 1. The molecule has 3 atom stereocenters. The van der Waals surface area contributed by atoms with Gasteiger partial charge in [0.2, 0.25) is 0 Å². The van der Waals surface area contributed by atoms with Crippen LogP contribution in [0.2, 0.25) is 0 Å². The van der Waals surface area contributed by atoms with Crippen molar-refractivity contribution in [1.82, 2.24) is 9.55 Å². The molecule has 20 heavy (non-hydrogen) atoms. The summed E-state index contributed by atoms with van der Waals surface area (Å²) < 4.78 is 6.46. The minimum absolute atomic E-state index is 0.0115. The van der Waals surface area contributed by atoms with Gasteiger partial charge in [0.25, 0.3) is 10.6 Å². The van der Waals surface area contributed by atoms with E-state index < -0.39 is 41.4 Å². The molecule has 0 aromatic carbocycles. The van der Waals surface area contributed by atoms with Crippen LogP contribution in [0.25, 0.3) is 0 Å². The van der Waals surface area contributed by atoms with Crippen LogP contribution in [0, 0.1) is 17.0 Å². The van der Waals surface area contributed by atoms with Crippen molar-refractivity contribution in [3.63, 3.8) is 0 Å². The predicted octanol–water partition coefficient (Wildman–Crippen LogP) is -1.30. The molecule has 0 aliphatic carbocycles. The lowest BCUT2D eigenvalue weighted by Crippen LogP contribution is -2.33. The Hall–Kier alpha value is -2.20. The monoisotopic (exact) mass is 287 g/mol. The summed E-state index contributed by atoms with van der Waals surface area (Å²) >= 11 is 0. The van der Waals surface area contributed by atoms with Gasteiger partial charge in [0.05, 0.1) is 6.61 Å². The summed E-state index contributed by atoms with van der Waals surface area (Å²) in [5.41, 5.74) is -0.905. The van der Waals surface area contributed by atoms with E-state index in [0.29, 0.717) is 5.56 Å². The molecule has 1 saturated heterocycles. The third kappa shape index (κ3) is 2.70. The predicted molar refractivity (Wildman–Crippen MR) is 63.5 cm³/mol. The highest BCUT2D eigenvalue weighted by Crippen LogP contribution is 2.29. The number of hydrogen-bond acceptors (Lipinski definition) is 7. The smallest absolute Gasteiger partial charge is 0.330 e. The number of aromatic nitrogens is 2. The van der Waals surface area contributed by atoms with Crippen molar-refractivity contribution < 1.29 is 19.8 Å². The van der Waals surface area contributed by atoms with Crippen molar-refractivity contribution in [2.24, 2.45) is 0 Å². The zero-order valence-electron chi connectivity index (χ0n) is 10.5. The molecule has 1 aliphatic heterocycles. The van der Waals surface area contributed by atoms with Crippen molar-refractivity contribution in [2.75, 3.05) is 6.61 Å². The van der Waals surface area contributed by atoms with Gasteiger partial charge in [0, 0.05) is 18.2 Å². The van der Waals surface area contributed by atoms with Gasteiger partial charge in [-0.2, -0.15) is 0 Å². The maximum absolute atomic E-state index is 11.7. The fraction of sp³-hybridized carbons (Fsp3) is 0.600. The first-order chi connectivity index (χ1) is 9.42. The van der Waals surface area contributed by atoms with E-state index in [1.165, 1.54) is 13.1 Å². The highest BCUT2D eigenvalue weighted by Gasteiger charge is 2.38. The topological polar surface area (TPSA) is 137 Å². The summed E-state index contributed by atoms with van der Waals surface area (Å²) in [5.74, 6) is 0. The van der Waals surface area contributed by atoms with E-state index in [1.807, 2.05) is 0 Å². The Labute approximate surface area is 111 Å². The Balaban J connectivity index is 2.27. The van der Waals surface area contributed by atoms with Crippen LogP contribution in [0.15, 0.2) is 15.8 Å². The molecule has 0 unspecified atom stereocenters. The molecular formula is C10H13N3O7. The van der Waals surface area contributed by atoms with Gasteiger partial charge < -0.3 is 14.7 Å². The first-order valence-corrected chi connectivity index (χ1v) is 5.82. The number of hydrogen-bond donors (Lipinski definition) is 2. The van der Waals surface area contributed by atoms with Crippen LogP contribution < -0.4 is 11.2 Å². The Bertz CT molecular complexity index is 622. The van der Waals surface area contributed by atoms with Gasteiger partial charge in [0.1, 0.15) is 18.4 Å². The average molecular weight is 287 g/mol. The summed E-state index contributed by atoms with van der Waals surface area (Å²) in [7, 11) is 0. The summed E-state index contributed by atoms with van der Waals surface area (Å²) in [4.78, 5) is 39.8. The van der Waals surface area contributed by atoms with Crippen molar-refractivity contribution in [2.45, 2.75) is 31.8 Å². The second-order valence-electron chi connectivity index (χ2n) is 4.39. The maximum atomic E-state index is 11.7. The van der Waals surface area contributed by atoms with Gasteiger partial charge in [0.15, 0.2) is 0 Å². The molecule has 1 fully saturated rings. The number of rotatable bonds is 4. The van der Waals surface area contributed by atoms with Crippen molar-refractivity contribution in [1.29, 1.82) is 0 Å². The fourth-order valence-corrected chi connectivity index (χ4v) is 2.06. The molecule has 2 heterocycles. The number of aromatic amines is 1. The maximum Gasteiger partial charge on any atom is 0.330 e. The Morgan fingerprint density at radius 1 is 1.65 bits per heavy atom. The van der Waals surface area contributed by atoms with Crippen LogP contribution in [0.3, 0.4) is 0 Å². The Kier molecular flexibility index (Phi) is 3.86. The molecule has 1 aromatic rings. The number of nitrogens with one attached hydrogen (secondary N) is 1. The van der Waals surface area contributed by atoms with Gasteiger partial charge >= 0.3 is 5.69 Å². The largest absolute Gasteiger partial charge is 0.394 e. The number of aryl methyl sites for hydroxylation is 1. The molecule has 2 N–H and O–H groups in total. The molecule has 1 aliphatic rings. The quantitative estimate of drug-likeness (QED) is 0.518. The summed E-state index contributed by atoms with van der Waals surface area (Å²) in [5, 5.41) is 18.5. The molecule has 0 radical (unpaired) electrons. The molecular weight excluding hydrogens is 274 g/mol. The number of ether oxygens (including phenoxy) is 1. The second-order valence-corrected chi connectivity index (χ2v) is 4.39. The van der Waals surface area contributed by atoms with Crippen LogP contribution in [-0.4, -0.2) is 38.6 Å². The number of H-pyrrole nitrogens is 1. The third-order valence-corrected chi connectivity index (χ3v) is 3.04. The van der Waals surface area contributed by atoms with E-state index in [9.17, 15) is 19.7 Å². The van der Waals surface area contributed by atoms with E-state index in [4.69, 9.17) is 9.84 Å². The fourth-order valence-electron chi connectivity index (χ4n) is 2.06. The van der Waals surface area contributed by atoms with Crippen molar-refractivity contribution in [3.8, 4) is 0 Å². The molecule has 0 saturated carbocycles. The van der Waals surface area contributed by atoms with Crippen LogP contribution in [0.1, 0.15) is 18.2 Å². The molecule has 0 amide bonds. The zero-order chi connectivity index (χ0) is 14.9. The van der Waals surface area contributed by atoms with E-state index in [1.54, 1.807) is 0 Å². The van der Waals surface area contributed by atoms with E-state index in [0.717, 1.165) is 4.57 Å².